The molecule has 1 aliphatic rings. The normalized spacial score (nSPS) is 15.1. The van der Waals surface area contributed by atoms with Crippen molar-refractivity contribution in [2.75, 3.05) is 12.4 Å². The van der Waals surface area contributed by atoms with Gasteiger partial charge in [0.25, 0.3) is 0 Å². The lowest BCUT2D eigenvalue weighted by atomic mass is 9.75. The van der Waals surface area contributed by atoms with Gasteiger partial charge in [0.15, 0.2) is 0 Å². The molecule has 2 aromatic rings. The first kappa shape index (κ1) is 21.9. The Balaban J connectivity index is 1.97. The molecule has 0 unspecified atom stereocenters. The fraction of sp³-hybridized carbons (Fsp3) is 0.462. The maximum atomic E-state index is 4.42. The number of fused-ring (bicyclic) bond motifs is 1. The van der Waals surface area contributed by atoms with Crippen LogP contribution < -0.4 is 10.6 Å². The van der Waals surface area contributed by atoms with Crippen molar-refractivity contribution in [2.24, 2.45) is 5.41 Å². The molecule has 1 aromatic carbocycles. The first-order valence-electron chi connectivity index (χ1n) is 10.8. The SMILES string of the molecule is C=C(Nc1sc2c(c1C(=C)CC)CC(C)(C)CC2)c1ccc(CC)cc1CNC. The van der Waals surface area contributed by atoms with E-state index in [0.29, 0.717) is 5.41 Å². The molecule has 3 heteroatoms. The minimum Gasteiger partial charge on any atom is -0.347 e. The molecule has 1 aromatic heterocycles. The predicted octanol–water partition coefficient (Wildman–Crippen LogP) is 7.05. The molecule has 0 fully saturated rings. The lowest BCUT2D eigenvalue weighted by molar-refractivity contribution is 0.317. The van der Waals surface area contributed by atoms with Crippen LogP contribution in [0.3, 0.4) is 0 Å². The predicted molar refractivity (Wildman–Crippen MR) is 131 cm³/mol. The van der Waals surface area contributed by atoms with Gasteiger partial charge in [-0.3, -0.25) is 0 Å². The second-order valence-corrected chi connectivity index (χ2v) is 10.1. The van der Waals surface area contributed by atoms with Gasteiger partial charge in [0.05, 0.1) is 0 Å². The van der Waals surface area contributed by atoms with Crippen LogP contribution in [0.5, 0.6) is 0 Å². The minimum atomic E-state index is 0.362. The van der Waals surface area contributed by atoms with E-state index in [4.69, 9.17) is 0 Å². The van der Waals surface area contributed by atoms with Gasteiger partial charge in [0.1, 0.15) is 5.00 Å². The van der Waals surface area contributed by atoms with E-state index in [1.54, 1.807) is 0 Å². The molecule has 0 saturated heterocycles. The molecule has 0 saturated carbocycles. The second-order valence-electron chi connectivity index (χ2n) is 8.98. The highest BCUT2D eigenvalue weighted by atomic mass is 32.1. The molecular formula is C26H36N2S. The van der Waals surface area contributed by atoms with Crippen LogP contribution in [0, 0.1) is 5.41 Å². The Bertz CT molecular complexity index is 917. The fourth-order valence-electron chi connectivity index (χ4n) is 4.26. The minimum absolute atomic E-state index is 0.362. The molecular weight excluding hydrogens is 372 g/mol. The van der Waals surface area contributed by atoms with Crippen LogP contribution in [0.2, 0.25) is 0 Å². The Hall–Kier alpha value is -1.84. The molecule has 1 aliphatic carbocycles. The van der Waals surface area contributed by atoms with Gasteiger partial charge in [-0.1, -0.05) is 59.1 Å². The average Bonchev–Trinajstić information content (AvgIpc) is 3.03. The number of aryl methyl sites for hydroxylation is 2. The zero-order valence-electron chi connectivity index (χ0n) is 18.8. The van der Waals surface area contributed by atoms with Crippen LogP contribution in [0.4, 0.5) is 5.00 Å². The van der Waals surface area contributed by atoms with Crippen molar-refractivity contribution in [3.8, 4) is 0 Å². The van der Waals surface area contributed by atoms with Crippen LogP contribution in [0.1, 0.15) is 73.2 Å². The van der Waals surface area contributed by atoms with Gasteiger partial charge in [-0.15, -0.1) is 11.3 Å². The summed E-state index contributed by atoms with van der Waals surface area (Å²) in [5.41, 5.74) is 9.28. The van der Waals surface area contributed by atoms with Gasteiger partial charge >= 0.3 is 0 Å². The maximum Gasteiger partial charge on any atom is 0.101 e. The van der Waals surface area contributed by atoms with Crippen molar-refractivity contribution < 1.29 is 0 Å². The molecule has 2 nitrogen and oxygen atoms in total. The molecule has 3 rings (SSSR count). The van der Waals surface area contributed by atoms with Gasteiger partial charge < -0.3 is 10.6 Å². The molecule has 0 bridgehead atoms. The van der Waals surface area contributed by atoms with E-state index >= 15 is 0 Å². The number of allylic oxidation sites excluding steroid dienone is 1. The third-order valence-corrected chi connectivity index (χ3v) is 7.30. The average molecular weight is 409 g/mol. The number of hydrogen-bond acceptors (Lipinski definition) is 3. The van der Waals surface area contributed by atoms with E-state index in [1.807, 2.05) is 18.4 Å². The topological polar surface area (TPSA) is 24.1 Å². The Morgan fingerprint density at radius 3 is 2.62 bits per heavy atom. The van der Waals surface area contributed by atoms with Gasteiger partial charge in [0, 0.05) is 28.2 Å². The summed E-state index contributed by atoms with van der Waals surface area (Å²) >= 11 is 1.91. The molecule has 0 spiro atoms. The van der Waals surface area contributed by atoms with Crippen molar-refractivity contribution >= 4 is 27.6 Å². The second kappa shape index (κ2) is 8.89. The van der Waals surface area contributed by atoms with Crippen LogP contribution in [-0.4, -0.2) is 7.05 Å². The summed E-state index contributed by atoms with van der Waals surface area (Å²) in [5, 5.41) is 8.22. The molecule has 1 heterocycles. The van der Waals surface area contributed by atoms with Crippen LogP contribution in [0.25, 0.3) is 11.3 Å². The van der Waals surface area contributed by atoms with E-state index in [-0.39, 0.29) is 0 Å². The molecule has 2 N–H and O–H groups in total. The summed E-state index contributed by atoms with van der Waals surface area (Å²) in [6.45, 7) is 18.8. The Labute approximate surface area is 181 Å². The number of hydrogen-bond donors (Lipinski definition) is 2. The molecule has 0 atom stereocenters. The Morgan fingerprint density at radius 2 is 1.97 bits per heavy atom. The number of anilines is 1. The van der Waals surface area contributed by atoms with Crippen molar-refractivity contribution in [1.82, 2.24) is 5.32 Å². The third kappa shape index (κ3) is 4.67. The first-order chi connectivity index (χ1) is 13.8. The van der Waals surface area contributed by atoms with E-state index in [0.717, 1.165) is 31.5 Å². The molecule has 29 heavy (non-hydrogen) atoms. The lowest BCUT2D eigenvalue weighted by Crippen LogP contribution is -2.21. The van der Waals surface area contributed by atoms with E-state index in [9.17, 15) is 0 Å². The van der Waals surface area contributed by atoms with Crippen molar-refractivity contribution in [2.45, 2.75) is 66.3 Å². The van der Waals surface area contributed by atoms with Crippen molar-refractivity contribution in [3.63, 3.8) is 0 Å². The molecule has 0 amide bonds. The fourth-order valence-corrected chi connectivity index (χ4v) is 5.55. The van der Waals surface area contributed by atoms with Gasteiger partial charge in [-0.25, -0.2) is 0 Å². The number of benzene rings is 1. The van der Waals surface area contributed by atoms with Crippen LogP contribution in [0.15, 0.2) is 31.4 Å². The van der Waals surface area contributed by atoms with E-state index in [1.165, 1.54) is 56.1 Å². The molecule has 156 valence electrons. The standard InChI is InChI=1S/C26H36N2S/c1-8-17(3)24-22-15-26(5,6)13-12-23(22)29-25(24)28-18(4)21-11-10-19(9-2)14-20(21)16-27-7/h10-11,14,27-28H,3-4,8-9,12-13,15-16H2,1-2,5-7H3. The zero-order valence-corrected chi connectivity index (χ0v) is 19.6. The monoisotopic (exact) mass is 408 g/mol. The number of rotatable bonds is 8. The highest BCUT2D eigenvalue weighted by Crippen LogP contribution is 2.47. The summed E-state index contributed by atoms with van der Waals surface area (Å²) in [5.74, 6) is 0. The number of nitrogens with one attached hydrogen (secondary N) is 2. The summed E-state index contributed by atoms with van der Waals surface area (Å²) in [6, 6.07) is 6.73. The summed E-state index contributed by atoms with van der Waals surface area (Å²) < 4.78 is 0. The molecule has 0 aliphatic heterocycles. The highest BCUT2D eigenvalue weighted by Gasteiger charge is 2.31. The number of thiophene rings is 1. The van der Waals surface area contributed by atoms with E-state index in [2.05, 4.69) is 69.7 Å². The third-order valence-electron chi connectivity index (χ3n) is 6.09. The van der Waals surface area contributed by atoms with Crippen LogP contribution >= 0.6 is 11.3 Å². The van der Waals surface area contributed by atoms with E-state index < -0.39 is 0 Å². The smallest absolute Gasteiger partial charge is 0.101 e. The summed E-state index contributed by atoms with van der Waals surface area (Å²) in [4.78, 5) is 1.53. The lowest BCUT2D eigenvalue weighted by Gasteiger charge is -2.30. The first-order valence-corrected chi connectivity index (χ1v) is 11.7. The molecule has 0 radical (unpaired) electrons. The summed E-state index contributed by atoms with van der Waals surface area (Å²) in [7, 11) is 2.00. The maximum absolute atomic E-state index is 4.42. The zero-order chi connectivity index (χ0) is 21.2. The van der Waals surface area contributed by atoms with Crippen molar-refractivity contribution in [1.29, 1.82) is 0 Å². The Kier molecular flexibility index (Phi) is 6.70. The van der Waals surface area contributed by atoms with Gasteiger partial charge in [-0.05, 0) is 66.8 Å². The summed E-state index contributed by atoms with van der Waals surface area (Å²) in [6.07, 6.45) is 5.58. The highest BCUT2D eigenvalue weighted by molar-refractivity contribution is 7.16. The Morgan fingerprint density at radius 1 is 1.21 bits per heavy atom. The largest absolute Gasteiger partial charge is 0.347 e. The van der Waals surface area contributed by atoms with Crippen molar-refractivity contribution in [3.05, 3.63) is 64.1 Å². The van der Waals surface area contributed by atoms with Gasteiger partial charge in [-0.2, -0.15) is 0 Å². The quantitative estimate of drug-likeness (QED) is 0.489. The van der Waals surface area contributed by atoms with Gasteiger partial charge in [0.2, 0.25) is 0 Å². The van der Waals surface area contributed by atoms with Crippen LogP contribution in [-0.2, 0) is 25.8 Å².